The lowest BCUT2D eigenvalue weighted by molar-refractivity contribution is -0.117. The number of aromatic nitrogens is 1. The molecule has 0 aliphatic heterocycles. The summed E-state index contributed by atoms with van der Waals surface area (Å²) in [6.45, 7) is 6.23. The average Bonchev–Trinajstić information content (AvgIpc) is 3.02. The zero-order chi connectivity index (χ0) is 14.3. The fraction of sp³-hybridized carbons (Fsp3) is 0.750. The number of hydrogen-bond donors (Lipinski definition) is 1. The van der Waals surface area contributed by atoms with Gasteiger partial charge in [0.25, 0.3) is 0 Å². The third-order valence-corrected chi connectivity index (χ3v) is 4.87. The van der Waals surface area contributed by atoms with Crippen LogP contribution in [-0.2, 0) is 10.2 Å². The highest BCUT2D eigenvalue weighted by molar-refractivity contribution is 5.89. The molecule has 1 aromatic rings. The number of rotatable bonds is 3. The maximum atomic E-state index is 12.1. The lowest BCUT2D eigenvalue weighted by atomic mass is 9.86. The van der Waals surface area contributed by atoms with Crippen LogP contribution in [0.2, 0.25) is 0 Å². The van der Waals surface area contributed by atoms with Crippen molar-refractivity contribution in [1.29, 1.82) is 0 Å². The Morgan fingerprint density at radius 3 is 2.75 bits per heavy atom. The zero-order valence-corrected chi connectivity index (χ0v) is 12.6. The standard InChI is InChI=1S/C16H24N2O2/c1-16(2,3)13-9-15(20-18-13)17-14(19)8-12-7-10-4-5-11(12)6-10/h9-12H,4-8H2,1-3H3,(H,17,19). The van der Waals surface area contributed by atoms with E-state index in [-0.39, 0.29) is 11.3 Å². The van der Waals surface area contributed by atoms with Crippen LogP contribution in [0, 0.1) is 17.8 Å². The summed E-state index contributed by atoms with van der Waals surface area (Å²) in [6, 6.07) is 1.83. The molecule has 2 saturated carbocycles. The molecule has 0 spiro atoms. The van der Waals surface area contributed by atoms with Gasteiger partial charge in [-0.1, -0.05) is 32.3 Å². The molecule has 1 N–H and O–H groups in total. The second-order valence-corrected chi connectivity index (χ2v) is 7.51. The number of nitrogens with zero attached hydrogens (tertiary/aromatic N) is 1. The third kappa shape index (κ3) is 2.74. The molecule has 0 radical (unpaired) electrons. The number of anilines is 1. The van der Waals surface area contributed by atoms with E-state index in [2.05, 4.69) is 31.2 Å². The summed E-state index contributed by atoms with van der Waals surface area (Å²) < 4.78 is 5.21. The average molecular weight is 276 g/mol. The van der Waals surface area contributed by atoms with E-state index in [9.17, 15) is 4.79 Å². The van der Waals surface area contributed by atoms with Crippen molar-refractivity contribution in [2.24, 2.45) is 17.8 Å². The lowest BCUT2D eigenvalue weighted by Gasteiger charge is -2.20. The largest absolute Gasteiger partial charge is 0.338 e. The topological polar surface area (TPSA) is 55.1 Å². The van der Waals surface area contributed by atoms with Gasteiger partial charge in [-0.05, 0) is 37.0 Å². The fourth-order valence-electron chi connectivity index (χ4n) is 3.74. The zero-order valence-electron chi connectivity index (χ0n) is 12.6. The monoisotopic (exact) mass is 276 g/mol. The molecule has 110 valence electrons. The molecule has 1 amide bonds. The van der Waals surface area contributed by atoms with Gasteiger partial charge in [0.1, 0.15) is 0 Å². The Morgan fingerprint density at radius 2 is 2.20 bits per heavy atom. The molecule has 2 aliphatic carbocycles. The van der Waals surface area contributed by atoms with Gasteiger partial charge in [-0.25, -0.2) is 0 Å². The highest BCUT2D eigenvalue weighted by Crippen LogP contribution is 2.49. The molecule has 3 rings (SSSR count). The summed E-state index contributed by atoms with van der Waals surface area (Å²) in [5, 5.41) is 6.87. The van der Waals surface area contributed by atoms with Crippen molar-refractivity contribution in [3.05, 3.63) is 11.8 Å². The Kier molecular flexibility index (Phi) is 3.35. The summed E-state index contributed by atoms with van der Waals surface area (Å²) in [6.07, 6.45) is 5.90. The first-order valence-electron chi connectivity index (χ1n) is 7.69. The fourth-order valence-corrected chi connectivity index (χ4v) is 3.74. The molecule has 1 aromatic heterocycles. The Labute approximate surface area is 120 Å². The Balaban J connectivity index is 1.55. The van der Waals surface area contributed by atoms with E-state index < -0.39 is 0 Å². The maximum absolute atomic E-state index is 12.1. The van der Waals surface area contributed by atoms with Crippen LogP contribution in [0.25, 0.3) is 0 Å². The number of amides is 1. The third-order valence-electron chi connectivity index (χ3n) is 4.87. The summed E-state index contributed by atoms with van der Waals surface area (Å²) in [7, 11) is 0. The summed E-state index contributed by atoms with van der Waals surface area (Å²) in [5.41, 5.74) is 0.810. The number of nitrogens with one attached hydrogen (secondary N) is 1. The number of carbonyl (C=O) groups is 1. The van der Waals surface area contributed by atoms with E-state index in [1.54, 1.807) is 0 Å². The van der Waals surface area contributed by atoms with Crippen LogP contribution in [0.5, 0.6) is 0 Å². The quantitative estimate of drug-likeness (QED) is 0.915. The molecule has 1 heterocycles. The molecular weight excluding hydrogens is 252 g/mol. The first kappa shape index (κ1) is 13.7. The van der Waals surface area contributed by atoms with Crippen molar-refractivity contribution in [1.82, 2.24) is 5.16 Å². The molecule has 20 heavy (non-hydrogen) atoms. The van der Waals surface area contributed by atoms with Crippen LogP contribution < -0.4 is 5.32 Å². The van der Waals surface area contributed by atoms with Crippen molar-refractivity contribution in [3.63, 3.8) is 0 Å². The van der Waals surface area contributed by atoms with Crippen molar-refractivity contribution < 1.29 is 9.32 Å². The Morgan fingerprint density at radius 1 is 1.40 bits per heavy atom. The summed E-state index contributed by atoms with van der Waals surface area (Å²) in [4.78, 5) is 12.1. The van der Waals surface area contributed by atoms with E-state index in [0.29, 0.717) is 18.2 Å². The van der Waals surface area contributed by atoms with Crippen LogP contribution >= 0.6 is 0 Å². The van der Waals surface area contributed by atoms with Crippen LogP contribution in [-0.4, -0.2) is 11.1 Å². The van der Waals surface area contributed by atoms with E-state index in [4.69, 9.17) is 4.52 Å². The van der Waals surface area contributed by atoms with Crippen molar-refractivity contribution in [3.8, 4) is 0 Å². The van der Waals surface area contributed by atoms with Crippen LogP contribution in [0.4, 0.5) is 5.88 Å². The second-order valence-electron chi connectivity index (χ2n) is 7.51. The number of fused-ring (bicyclic) bond motifs is 2. The molecule has 3 unspecified atom stereocenters. The predicted octanol–water partition coefficient (Wildman–Crippen LogP) is 3.74. The summed E-state index contributed by atoms with van der Waals surface area (Å²) >= 11 is 0. The molecule has 4 heteroatoms. The highest BCUT2D eigenvalue weighted by Gasteiger charge is 2.40. The van der Waals surface area contributed by atoms with Crippen molar-refractivity contribution in [2.75, 3.05) is 5.32 Å². The molecule has 2 aliphatic rings. The van der Waals surface area contributed by atoms with Crippen molar-refractivity contribution >= 4 is 11.8 Å². The first-order valence-corrected chi connectivity index (χ1v) is 7.69. The minimum Gasteiger partial charge on any atom is -0.338 e. The smallest absolute Gasteiger partial charge is 0.231 e. The maximum Gasteiger partial charge on any atom is 0.231 e. The van der Waals surface area contributed by atoms with E-state index in [1.165, 1.54) is 25.7 Å². The van der Waals surface area contributed by atoms with Crippen molar-refractivity contribution in [2.45, 2.75) is 58.3 Å². The van der Waals surface area contributed by atoms with Gasteiger partial charge in [0.15, 0.2) is 0 Å². The van der Waals surface area contributed by atoms with E-state index in [1.807, 2.05) is 6.07 Å². The molecule has 0 saturated heterocycles. The van der Waals surface area contributed by atoms with Gasteiger partial charge >= 0.3 is 0 Å². The minimum atomic E-state index is -0.0585. The molecular formula is C16H24N2O2. The van der Waals surface area contributed by atoms with Gasteiger partial charge in [0.05, 0.1) is 5.69 Å². The lowest BCUT2D eigenvalue weighted by Crippen LogP contribution is -2.20. The minimum absolute atomic E-state index is 0.0585. The molecule has 2 fully saturated rings. The SMILES string of the molecule is CC(C)(C)c1cc(NC(=O)CC2CC3CCC2C3)on1. The number of hydrogen-bond acceptors (Lipinski definition) is 3. The van der Waals surface area contributed by atoms with E-state index >= 15 is 0 Å². The second kappa shape index (κ2) is 4.90. The molecule has 3 atom stereocenters. The van der Waals surface area contributed by atoms with Crippen LogP contribution in [0.3, 0.4) is 0 Å². The Hall–Kier alpha value is -1.32. The van der Waals surface area contributed by atoms with E-state index in [0.717, 1.165) is 17.5 Å². The first-order chi connectivity index (χ1) is 9.41. The van der Waals surface area contributed by atoms with Gasteiger partial charge in [0.2, 0.25) is 11.8 Å². The highest BCUT2D eigenvalue weighted by atomic mass is 16.5. The van der Waals surface area contributed by atoms with Gasteiger partial charge in [-0.3, -0.25) is 10.1 Å². The molecule has 4 nitrogen and oxygen atoms in total. The number of carbonyl (C=O) groups excluding carboxylic acids is 1. The van der Waals surface area contributed by atoms with Crippen LogP contribution in [0.1, 0.15) is 58.6 Å². The van der Waals surface area contributed by atoms with Gasteiger partial charge < -0.3 is 4.52 Å². The van der Waals surface area contributed by atoms with Crippen LogP contribution in [0.15, 0.2) is 10.6 Å². The van der Waals surface area contributed by atoms with Gasteiger partial charge in [-0.2, -0.15) is 0 Å². The summed E-state index contributed by atoms with van der Waals surface area (Å²) in [5.74, 6) is 2.79. The predicted molar refractivity (Wildman–Crippen MR) is 77.4 cm³/mol. The van der Waals surface area contributed by atoms with Gasteiger partial charge in [0, 0.05) is 17.9 Å². The van der Waals surface area contributed by atoms with Gasteiger partial charge in [-0.15, -0.1) is 0 Å². The normalized spacial score (nSPS) is 28.9. The molecule has 2 bridgehead atoms. The Bertz CT molecular complexity index is 501. The molecule has 0 aromatic carbocycles.